The minimum Gasteiger partial charge on any atom is -0.444 e. The van der Waals surface area contributed by atoms with Gasteiger partial charge in [-0.3, -0.25) is 4.79 Å². The predicted molar refractivity (Wildman–Crippen MR) is 56.3 cm³/mol. The van der Waals surface area contributed by atoms with E-state index in [0.29, 0.717) is 13.1 Å². The van der Waals surface area contributed by atoms with Crippen LogP contribution in [-0.2, 0) is 9.53 Å². The zero-order valence-corrected chi connectivity index (χ0v) is 9.42. The number of nitrogens with two attached hydrogens (primary N) is 1. The molecule has 2 amide bonds. The van der Waals surface area contributed by atoms with E-state index in [-0.39, 0.29) is 12.5 Å². The summed E-state index contributed by atoms with van der Waals surface area (Å²) in [5.74, 6) is -0.249. The van der Waals surface area contributed by atoms with E-state index in [1.807, 2.05) is 0 Å². The molecule has 0 aromatic carbocycles. The van der Waals surface area contributed by atoms with Crippen LogP contribution in [0.2, 0.25) is 0 Å². The Hall–Kier alpha value is -1.30. The molecule has 0 spiro atoms. The number of alkyl carbamates (subject to hydrolysis) is 1. The minimum absolute atomic E-state index is 0.0492. The van der Waals surface area contributed by atoms with Gasteiger partial charge in [-0.15, -0.1) is 0 Å². The largest absolute Gasteiger partial charge is 0.444 e. The number of nitrogens with one attached hydrogen (secondary N) is 2. The fourth-order valence-corrected chi connectivity index (χ4v) is 0.753. The number of rotatable bonds is 4. The van der Waals surface area contributed by atoms with Crippen LogP contribution >= 0.6 is 0 Å². The molecule has 0 saturated heterocycles. The van der Waals surface area contributed by atoms with Crippen molar-refractivity contribution in [3.05, 3.63) is 0 Å². The van der Waals surface area contributed by atoms with Crippen molar-refractivity contribution in [3.63, 3.8) is 0 Å². The third-order valence-corrected chi connectivity index (χ3v) is 1.30. The Labute approximate surface area is 89.5 Å². The summed E-state index contributed by atoms with van der Waals surface area (Å²) in [7, 11) is 0. The van der Waals surface area contributed by atoms with Crippen molar-refractivity contribution in [3.8, 4) is 0 Å². The monoisotopic (exact) mass is 217 g/mol. The highest BCUT2D eigenvalue weighted by Gasteiger charge is 2.15. The van der Waals surface area contributed by atoms with Gasteiger partial charge in [-0.1, -0.05) is 0 Å². The van der Waals surface area contributed by atoms with E-state index < -0.39 is 11.7 Å². The van der Waals surface area contributed by atoms with Gasteiger partial charge < -0.3 is 21.1 Å². The van der Waals surface area contributed by atoms with Crippen LogP contribution < -0.4 is 16.4 Å². The maximum Gasteiger partial charge on any atom is 0.407 e. The van der Waals surface area contributed by atoms with Gasteiger partial charge in [0.2, 0.25) is 5.91 Å². The molecule has 0 aliphatic heterocycles. The molecular weight excluding hydrogens is 198 g/mol. The van der Waals surface area contributed by atoms with Crippen molar-refractivity contribution in [2.45, 2.75) is 26.4 Å². The Balaban J connectivity index is 3.52. The van der Waals surface area contributed by atoms with Crippen LogP contribution in [0.15, 0.2) is 0 Å². The van der Waals surface area contributed by atoms with Gasteiger partial charge in [-0.2, -0.15) is 0 Å². The first kappa shape index (κ1) is 13.7. The van der Waals surface area contributed by atoms with Crippen molar-refractivity contribution in [2.24, 2.45) is 5.73 Å². The van der Waals surface area contributed by atoms with Crippen LogP contribution in [0.1, 0.15) is 20.8 Å². The van der Waals surface area contributed by atoms with Crippen molar-refractivity contribution in [1.29, 1.82) is 0 Å². The number of carbonyl (C=O) groups is 2. The Morgan fingerprint density at radius 1 is 1.20 bits per heavy atom. The predicted octanol–water partition coefficient (Wildman–Crippen LogP) is -0.414. The molecule has 88 valence electrons. The van der Waals surface area contributed by atoms with E-state index in [4.69, 9.17) is 10.5 Å². The average Bonchev–Trinajstić information content (AvgIpc) is 2.09. The van der Waals surface area contributed by atoms with E-state index in [0.717, 1.165) is 0 Å². The Kier molecular flexibility index (Phi) is 5.69. The van der Waals surface area contributed by atoms with Crippen LogP contribution in [0.4, 0.5) is 4.79 Å². The third-order valence-electron chi connectivity index (χ3n) is 1.30. The fourth-order valence-electron chi connectivity index (χ4n) is 0.753. The van der Waals surface area contributed by atoms with E-state index >= 15 is 0 Å². The summed E-state index contributed by atoms with van der Waals surface area (Å²) < 4.78 is 4.98. The van der Waals surface area contributed by atoms with Gasteiger partial charge in [0.1, 0.15) is 5.60 Å². The summed E-state index contributed by atoms with van der Waals surface area (Å²) in [5.41, 5.74) is 4.56. The number of ether oxygens (including phenoxy) is 1. The Morgan fingerprint density at radius 2 is 1.73 bits per heavy atom. The average molecular weight is 217 g/mol. The molecule has 0 heterocycles. The van der Waals surface area contributed by atoms with Crippen molar-refractivity contribution in [2.75, 3.05) is 19.6 Å². The zero-order valence-electron chi connectivity index (χ0n) is 9.42. The van der Waals surface area contributed by atoms with E-state index in [1.165, 1.54) is 0 Å². The SMILES string of the molecule is CC(C)(C)OC(=O)NCCNC(=O)CN. The second kappa shape index (κ2) is 6.23. The van der Waals surface area contributed by atoms with Crippen molar-refractivity contribution >= 4 is 12.0 Å². The summed E-state index contributed by atoms with van der Waals surface area (Å²) in [6.45, 7) is 5.96. The van der Waals surface area contributed by atoms with Gasteiger partial charge in [0, 0.05) is 13.1 Å². The molecule has 6 heteroatoms. The van der Waals surface area contributed by atoms with Crippen LogP contribution in [0, 0.1) is 0 Å². The molecule has 0 bridgehead atoms. The smallest absolute Gasteiger partial charge is 0.407 e. The summed E-state index contributed by atoms with van der Waals surface area (Å²) in [6.07, 6.45) is -0.496. The van der Waals surface area contributed by atoms with Crippen molar-refractivity contribution in [1.82, 2.24) is 10.6 Å². The third kappa shape index (κ3) is 9.01. The molecule has 0 atom stereocenters. The molecule has 0 unspecified atom stereocenters. The number of hydrogen-bond donors (Lipinski definition) is 3. The van der Waals surface area contributed by atoms with Gasteiger partial charge in [0.25, 0.3) is 0 Å². The first-order valence-electron chi connectivity index (χ1n) is 4.79. The lowest BCUT2D eigenvalue weighted by Gasteiger charge is -2.19. The quantitative estimate of drug-likeness (QED) is 0.558. The maximum absolute atomic E-state index is 11.1. The summed E-state index contributed by atoms with van der Waals surface area (Å²) in [6, 6.07) is 0. The highest BCUT2D eigenvalue weighted by Crippen LogP contribution is 2.05. The first-order valence-corrected chi connectivity index (χ1v) is 4.79. The lowest BCUT2D eigenvalue weighted by atomic mass is 10.2. The molecule has 0 saturated carbocycles. The van der Waals surface area contributed by atoms with E-state index in [1.54, 1.807) is 20.8 Å². The highest BCUT2D eigenvalue weighted by atomic mass is 16.6. The number of hydrogen-bond acceptors (Lipinski definition) is 4. The summed E-state index contributed by atoms with van der Waals surface area (Å²) in [4.78, 5) is 21.8. The first-order chi connectivity index (χ1) is 6.85. The maximum atomic E-state index is 11.1. The highest BCUT2D eigenvalue weighted by molar-refractivity contribution is 5.77. The van der Waals surface area contributed by atoms with Crippen molar-refractivity contribution < 1.29 is 14.3 Å². The minimum atomic E-state index is -0.509. The van der Waals surface area contributed by atoms with E-state index in [2.05, 4.69) is 10.6 Å². The molecule has 6 nitrogen and oxygen atoms in total. The normalized spacial score (nSPS) is 10.7. The van der Waals surface area contributed by atoms with Crippen LogP contribution in [0.25, 0.3) is 0 Å². The van der Waals surface area contributed by atoms with Crippen LogP contribution in [0.5, 0.6) is 0 Å². The van der Waals surface area contributed by atoms with E-state index in [9.17, 15) is 9.59 Å². The molecular formula is C9H19N3O3. The van der Waals surface area contributed by atoms with Gasteiger partial charge in [0.15, 0.2) is 0 Å². The lowest BCUT2D eigenvalue weighted by Crippen LogP contribution is -2.39. The zero-order chi connectivity index (χ0) is 11.9. The number of amides is 2. The molecule has 0 rings (SSSR count). The summed E-state index contributed by atoms with van der Waals surface area (Å²) in [5, 5.41) is 5.02. The van der Waals surface area contributed by atoms with Gasteiger partial charge >= 0.3 is 6.09 Å². The molecule has 0 aliphatic carbocycles. The molecule has 0 aromatic heterocycles. The summed E-state index contributed by atoms with van der Waals surface area (Å²) >= 11 is 0. The standard InChI is InChI=1S/C9H19N3O3/c1-9(2,3)15-8(14)12-5-4-11-7(13)6-10/h4-6,10H2,1-3H3,(H,11,13)(H,12,14). The topological polar surface area (TPSA) is 93.5 Å². The molecule has 0 aliphatic rings. The molecule has 0 aromatic rings. The van der Waals surface area contributed by atoms with Gasteiger partial charge in [-0.25, -0.2) is 4.79 Å². The Morgan fingerprint density at radius 3 is 2.20 bits per heavy atom. The number of carbonyl (C=O) groups excluding carboxylic acids is 2. The fraction of sp³-hybridized carbons (Fsp3) is 0.778. The second-order valence-corrected chi connectivity index (χ2v) is 3.98. The Bertz CT molecular complexity index is 223. The van der Waals surface area contributed by atoms with Crippen LogP contribution in [0.3, 0.4) is 0 Å². The molecule has 15 heavy (non-hydrogen) atoms. The second-order valence-electron chi connectivity index (χ2n) is 3.98. The van der Waals surface area contributed by atoms with Gasteiger partial charge in [0.05, 0.1) is 6.54 Å². The van der Waals surface area contributed by atoms with Crippen LogP contribution in [-0.4, -0.2) is 37.2 Å². The van der Waals surface area contributed by atoms with Gasteiger partial charge in [-0.05, 0) is 20.8 Å². The molecule has 4 N–H and O–H groups in total. The lowest BCUT2D eigenvalue weighted by molar-refractivity contribution is -0.119. The molecule has 0 fully saturated rings. The molecule has 0 radical (unpaired) electrons.